The third kappa shape index (κ3) is 4.35. The van der Waals surface area contributed by atoms with Crippen LogP contribution in [0.5, 0.6) is 0 Å². The molecule has 2 aliphatic heterocycles. The van der Waals surface area contributed by atoms with Gasteiger partial charge in [0.2, 0.25) is 5.91 Å². The first-order chi connectivity index (χ1) is 11.8. The SMILES string of the molecule is CC(C)(C)C(=O)NC1CC2CCCC(C1)N2C(=S)NCc1ccco1. The van der Waals surface area contributed by atoms with Crippen LogP contribution in [-0.2, 0) is 11.3 Å². The summed E-state index contributed by atoms with van der Waals surface area (Å²) in [6.45, 7) is 6.51. The number of piperidine rings is 2. The van der Waals surface area contributed by atoms with Crippen molar-refractivity contribution in [1.29, 1.82) is 0 Å². The van der Waals surface area contributed by atoms with Gasteiger partial charge >= 0.3 is 0 Å². The summed E-state index contributed by atoms with van der Waals surface area (Å²) >= 11 is 5.67. The van der Waals surface area contributed by atoms with E-state index in [2.05, 4.69) is 15.5 Å². The van der Waals surface area contributed by atoms with Gasteiger partial charge in [-0.2, -0.15) is 0 Å². The summed E-state index contributed by atoms with van der Waals surface area (Å²) in [4.78, 5) is 14.7. The zero-order valence-electron chi connectivity index (χ0n) is 15.4. The fraction of sp³-hybridized carbons (Fsp3) is 0.684. The number of furan rings is 1. The number of nitrogens with one attached hydrogen (secondary N) is 2. The summed E-state index contributed by atoms with van der Waals surface area (Å²) in [7, 11) is 0. The number of carbonyl (C=O) groups excluding carboxylic acids is 1. The van der Waals surface area contributed by atoms with E-state index in [1.807, 2.05) is 32.9 Å². The predicted molar refractivity (Wildman–Crippen MR) is 102 cm³/mol. The Morgan fingerprint density at radius 2 is 2.00 bits per heavy atom. The molecule has 3 heterocycles. The van der Waals surface area contributed by atoms with Crippen LogP contribution in [0.3, 0.4) is 0 Å². The normalized spacial score (nSPS) is 26.2. The minimum absolute atomic E-state index is 0.141. The first kappa shape index (κ1) is 18.2. The minimum Gasteiger partial charge on any atom is -0.467 e. The number of fused-ring (bicyclic) bond motifs is 2. The number of hydrogen-bond acceptors (Lipinski definition) is 3. The van der Waals surface area contributed by atoms with E-state index in [4.69, 9.17) is 16.6 Å². The number of nitrogens with zero attached hydrogens (tertiary/aromatic N) is 1. The van der Waals surface area contributed by atoms with E-state index in [1.165, 1.54) is 6.42 Å². The van der Waals surface area contributed by atoms with E-state index in [9.17, 15) is 4.79 Å². The Morgan fingerprint density at radius 1 is 1.32 bits per heavy atom. The third-order valence-corrected chi connectivity index (χ3v) is 5.57. The number of rotatable bonds is 3. The fourth-order valence-corrected chi connectivity index (χ4v) is 4.27. The molecule has 2 saturated heterocycles. The average molecular weight is 364 g/mol. The van der Waals surface area contributed by atoms with Crippen molar-refractivity contribution in [2.24, 2.45) is 5.41 Å². The molecule has 2 bridgehead atoms. The van der Waals surface area contributed by atoms with Crippen LogP contribution in [0.1, 0.15) is 58.6 Å². The van der Waals surface area contributed by atoms with Crippen molar-refractivity contribution in [2.75, 3.05) is 0 Å². The number of amides is 1. The molecule has 1 aromatic rings. The highest BCUT2D eigenvalue weighted by atomic mass is 32.1. The Labute approximate surface area is 155 Å². The van der Waals surface area contributed by atoms with Crippen molar-refractivity contribution in [3.63, 3.8) is 0 Å². The standard InChI is InChI=1S/C19H29N3O2S/c1-19(2,3)17(23)21-13-10-14-6-4-7-15(11-13)22(14)18(25)20-12-16-8-5-9-24-16/h5,8-9,13-15H,4,6-7,10-12H2,1-3H3,(H,20,25)(H,21,23). The largest absolute Gasteiger partial charge is 0.467 e. The van der Waals surface area contributed by atoms with Crippen molar-refractivity contribution in [2.45, 2.75) is 77.5 Å². The van der Waals surface area contributed by atoms with Gasteiger partial charge in [0.05, 0.1) is 12.8 Å². The van der Waals surface area contributed by atoms with Gasteiger partial charge in [0, 0.05) is 23.5 Å². The van der Waals surface area contributed by atoms with Gasteiger partial charge in [0.1, 0.15) is 5.76 Å². The second kappa shape index (κ2) is 7.36. The lowest BCUT2D eigenvalue weighted by Gasteiger charge is -2.50. The van der Waals surface area contributed by atoms with E-state index < -0.39 is 0 Å². The minimum atomic E-state index is -0.341. The molecule has 2 unspecified atom stereocenters. The van der Waals surface area contributed by atoms with Gasteiger partial charge < -0.3 is 20.0 Å². The van der Waals surface area contributed by atoms with Crippen LogP contribution in [0.15, 0.2) is 22.8 Å². The van der Waals surface area contributed by atoms with Gasteiger partial charge in [-0.1, -0.05) is 20.8 Å². The molecule has 0 spiro atoms. The van der Waals surface area contributed by atoms with E-state index in [0.717, 1.165) is 36.6 Å². The molecule has 25 heavy (non-hydrogen) atoms. The van der Waals surface area contributed by atoms with E-state index in [-0.39, 0.29) is 17.4 Å². The summed E-state index contributed by atoms with van der Waals surface area (Å²) in [5, 5.41) is 7.41. The van der Waals surface area contributed by atoms with Crippen molar-refractivity contribution >= 4 is 23.2 Å². The average Bonchev–Trinajstić information content (AvgIpc) is 3.04. The van der Waals surface area contributed by atoms with Crippen LogP contribution >= 0.6 is 12.2 Å². The first-order valence-electron chi connectivity index (χ1n) is 9.24. The zero-order valence-corrected chi connectivity index (χ0v) is 16.2. The Morgan fingerprint density at radius 3 is 2.56 bits per heavy atom. The summed E-state index contributed by atoms with van der Waals surface area (Å²) in [5.74, 6) is 1.03. The Kier molecular flexibility index (Phi) is 5.37. The number of hydrogen-bond donors (Lipinski definition) is 2. The van der Waals surface area contributed by atoms with Gasteiger partial charge in [-0.25, -0.2) is 0 Å². The Hall–Kier alpha value is -1.56. The van der Waals surface area contributed by atoms with Gasteiger partial charge in [0.15, 0.2) is 5.11 Å². The monoisotopic (exact) mass is 363 g/mol. The fourth-order valence-electron chi connectivity index (χ4n) is 3.90. The second-order valence-corrected chi connectivity index (χ2v) is 8.66. The maximum absolute atomic E-state index is 12.3. The Balaban J connectivity index is 1.59. The number of carbonyl (C=O) groups is 1. The molecule has 2 N–H and O–H groups in total. The van der Waals surface area contributed by atoms with Crippen LogP contribution in [0.2, 0.25) is 0 Å². The lowest BCUT2D eigenvalue weighted by atomic mass is 9.81. The lowest BCUT2D eigenvalue weighted by molar-refractivity contribution is -0.129. The van der Waals surface area contributed by atoms with Crippen LogP contribution in [0.4, 0.5) is 0 Å². The van der Waals surface area contributed by atoms with Crippen molar-refractivity contribution in [1.82, 2.24) is 15.5 Å². The topological polar surface area (TPSA) is 57.5 Å². The molecule has 2 atom stereocenters. The van der Waals surface area contributed by atoms with Crippen molar-refractivity contribution in [3.8, 4) is 0 Å². The van der Waals surface area contributed by atoms with E-state index >= 15 is 0 Å². The molecule has 138 valence electrons. The van der Waals surface area contributed by atoms with Gasteiger partial charge in [0.25, 0.3) is 0 Å². The third-order valence-electron chi connectivity index (χ3n) is 5.22. The summed E-state index contributed by atoms with van der Waals surface area (Å²) in [6.07, 6.45) is 7.15. The van der Waals surface area contributed by atoms with Crippen LogP contribution in [-0.4, -0.2) is 34.0 Å². The lowest BCUT2D eigenvalue weighted by Crippen LogP contribution is -2.61. The van der Waals surface area contributed by atoms with E-state index in [1.54, 1.807) is 6.26 Å². The quantitative estimate of drug-likeness (QED) is 0.808. The summed E-state index contributed by atoms with van der Waals surface area (Å²) in [5.41, 5.74) is -0.341. The molecule has 2 aliphatic rings. The van der Waals surface area contributed by atoms with Crippen LogP contribution in [0.25, 0.3) is 0 Å². The van der Waals surface area contributed by atoms with Crippen molar-refractivity contribution < 1.29 is 9.21 Å². The Bertz CT molecular complexity index is 595. The maximum atomic E-state index is 12.3. The van der Waals surface area contributed by atoms with Crippen molar-refractivity contribution in [3.05, 3.63) is 24.2 Å². The molecule has 0 saturated carbocycles. The summed E-state index contributed by atoms with van der Waals surface area (Å²) < 4.78 is 5.37. The van der Waals surface area contributed by atoms with Gasteiger partial charge in [-0.15, -0.1) is 0 Å². The smallest absolute Gasteiger partial charge is 0.225 e. The zero-order chi connectivity index (χ0) is 18.0. The molecule has 0 aliphatic carbocycles. The van der Waals surface area contributed by atoms with Gasteiger partial charge in [-0.05, 0) is 56.5 Å². The summed E-state index contributed by atoms with van der Waals surface area (Å²) in [6, 6.07) is 4.91. The predicted octanol–water partition coefficient (Wildman–Crippen LogP) is 3.20. The highest BCUT2D eigenvalue weighted by Gasteiger charge is 2.40. The van der Waals surface area contributed by atoms with Crippen LogP contribution in [0, 0.1) is 5.41 Å². The highest BCUT2D eigenvalue weighted by molar-refractivity contribution is 7.80. The molecule has 0 aromatic carbocycles. The second-order valence-electron chi connectivity index (χ2n) is 8.28. The number of thiocarbonyl (C=S) groups is 1. The molecule has 6 heteroatoms. The first-order valence-corrected chi connectivity index (χ1v) is 9.65. The maximum Gasteiger partial charge on any atom is 0.225 e. The molecule has 2 fully saturated rings. The van der Waals surface area contributed by atoms with Gasteiger partial charge in [-0.3, -0.25) is 4.79 Å². The molecule has 5 nitrogen and oxygen atoms in total. The molecular formula is C19H29N3O2S. The molecular weight excluding hydrogens is 334 g/mol. The molecule has 1 amide bonds. The van der Waals surface area contributed by atoms with E-state index in [0.29, 0.717) is 18.6 Å². The molecule has 0 radical (unpaired) electrons. The molecule has 1 aromatic heterocycles. The highest BCUT2D eigenvalue weighted by Crippen LogP contribution is 2.34. The van der Waals surface area contributed by atoms with Crippen LogP contribution < -0.4 is 10.6 Å². The molecule has 3 rings (SSSR count).